The third-order valence-corrected chi connectivity index (χ3v) is 4.35. The van der Waals surface area contributed by atoms with Gasteiger partial charge in [-0.15, -0.1) is 0 Å². The number of halogens is 4. The van der Waals surface area contributed by atoms with Crippen LogP contribution < -0.4 is 0 Å². The van der Waals surface area contributed by atoms with E-state index in [1.807, 2.05) is 152 Å². The Balaban J connectivity index is 0.000000560. The maximum Gasteiger partial charge on any atom is 2.00 e. The molecule has 1 radical (unpaired) electrons. The fraction of sp³-hybridized carbons (Fsp3) is 0.0286. The van der Waals surface area contributed by atoms with Crippen LogP contribution in [0.5, 0.6) is 0 Å². The van der Waals surface area contributed by atoms with Crippen LogP contribution in [0.4, 0.5) is 17.3 Å². The number of hydrogen-bond acceptors (Lipinski definition) is 1. The van der Waals surface area contributed by atoms with Gasteiger partial charge in [0.15, 0.2) is 0 Å². The van der Waals surface area contributed by atoms with Crippen LogP contribution in [0.3, 0.4) is 0 Å². The molecule has 42 heavy (non-hydrogen) atoms. The topological polar surface area (TPSA) is 23.8 Å². The van der Waals surface area contributed by atoms with Gasteiger partial charge in [-0.1, -0.05) is 121 Å². The van der Waals surface area contributed by atoms with Crippen molar-refractivity contribution < 1.29 is 38.3 Å². The Bertz CT molecular complexity index is 1260. The molecule has 0 spiro atoms. The molecule has 0 N–H and O–H groups in total. The second-order valence-corrected chi connectivity index (χ2v) is 7.64. The van der Waals surface area contributed by atoms with Crippen LogP contribution >= 0.6 is 0 Å². The van der Waals surface area contributed by atoms with Crippen molar-refractivity contribution >= 4 is 7.25 Å². The zero-order chi connectivity index (χ0) is 30.0. The third kappa shape index (κ3) is 23.3. The van der Waals surface area contributed by atoms with Crippen LogP contribution in [0, 0.1) is 41.4 Å². The van der Waals surface area contributed by atoms with Gasteiger partial charge in [0.25, 0.3) is 0 Å². The first kappa shape index (κ1) is 37.4. The van der Waals surface area contributed by atoms with Crippen LogP contribution in [0.2, 0.25) is 0 Å². The Hall–Kier alpha value is -4.56. The molecular formula is C35H28BF4MoN+. The van der Waals surface area contributed by atoms with Crippen LogP contribution in [0.15, 0.2) is 146 Å². The molecule has 7 heteroatoms. The Morgan fingerprint density at radius 1 is 0.452 bits per heavy atom. The summed E-state index contributed by atoms with van der Waals surface area (Å²) in [7, 11) is -6.00. The van der Waals surface area contributed by atoms with Crippen molar-refractivity contribution in [2.75, 3.05) is 0 Å². The second-order valence-electron chi connectivity index (χ2n) is 7.64. The Morgan fingerprint density at radius 3 is 0.786 bits per heavy atom. The quantitative estimate of drug-likeness (QED) is 0.106. The number of allylic oxidation sites excluding steroid dienone is 4. The van der Waals surface area contributed by atoms with Gasteiger partial charge >= 0.3 is 28.3 Å². The predicted molar refractivity (Wildman–Crippen MR) is 162 cm³/mol. The van der Waals surface area contributed by atoms with Crippen molar-refractivity contribution in [3.05, 3.63) is 174 Å². The molecule has 5 rings (SSSR count). The first-order chi connectivity index (χ1) is 19.8. The molecule has 0 bridgehead atoms. The summed E-state index contributed by atoms with van der Waals surface area (Å²) >= 11 is 0. The summed E-state index contributed by atoms with van der Waals surface area (Å²) < 4.78 is 39.0. The van der Waals surface area contributed by atoms with E-state index < -0.39 is 7.25 Å². The molecular weight excluding hydrogens is 617 g/mol. The van der Waals surface area contributed by atoms with Crippen molar-refractivity contribution in [3.8, 4) is 29.8 Å². The van der Waals surface area contributed by atoms with Gasteiger partial charge in [0.2, 0.25) is 0 Å². The van der Waals surface area contributed by atoms with Crippen LogP contribution in [0.1, 0.15) is 29.2 Å². The summed E-state index contributed by atoms with van der Waals surface area (Å²) in [4.78, 5) is 0. The minimum Gasteiger partial charge on any atom is -0.418 e. The molecule has 1 nitrogen and oxygen atoms in total. The molecule has 0 heterocycles. The average Bonchev–Trinajstić information content (AvgIpc) is 3.58. The summed E-state index contributed by atoms with van der Waals surface area (Å²) in [5.41, 5.74) is 4.21. The molecule has 0 aliphatic heterocycles. The van der Waals surface area contributed by atoms with E-state index in [2.05, 4.69) is 23.7 Å². The predicted octanol–water partition coefficient (Wildman–Crippen LogP) is 9.32. The van der Waals surface area contributed by atoms with Gasteiger partial charge in [-0.3, -0.25) is 0 Å². The fourth-order valence-corrected chi connectivity index (χ4v) is 2.70. The van der Waals surface area contributed by atoms with E-state index >= 15 is 0 Å². The number of nitriles is 1. The van der Waals surface area contributed by atoms with Gasteiger partial charge in [-0.25, -0.2) is 0 Å². The molecule has 0 amide bonds. The second kappa shape index (κ2) is 24.3. The Morgan fingerprint density at radius 2 is 0.643 bits per heavy atom. The molecule has 0 saturated heterocycles. The molecule has 4 aromatic carbocycles. The summed E-state index contributed by atoms with van der Waals surface area (Å²) in [5.74, 6) is 12.4. The molecule has 4 aromatic rings. The van der Waals surface area contributed by atoms with Gasteiger partial charge in [-0.05, 0) is 48.5 Å². The normalized spacial score (nSPS) is 9.62. The van der Waals surface area contributed by atoms with E-state index in [0.29, 0.717) is 0 Å². The zero-order valence-corrected chi connectivity index (χ0v) is 24.9. The minimum absolute atomic E-state index is 0. The number of rotatable bonds is 0. The third-order valence-electron chi connectivity index (χ3n) is 4.35. The maximum absolute atomic E-state index is 9.75. The van der Waals surface area contributed by atoms with Crippen LogP contribution in [0.25, 0.3) is 0 Å². The standard InChI is InChI=1S/2C14H10.C5H5.C2H3N.BF4.Mo/c2*1-3-7-13(8-4-1)11-12-14-9-5-2-6-10-14;1-2-4-5-3-1;1-2-3;2-1(3,4)5;/h2*1-10H;1-5H;1H3;;/q;;;;-1;+2. The monoisotopic (exact) mass is 647 g/mol. The minimum atomic E-state index is -6.00. The molecule has 1 aliphatic carbocycles. The van der Waals surface area contributed by atoms with Crippen molar-refractivity contribution in [2.45, 2.75) is 6.92 Å². The maximum atomic E-state index is 9.75. The van der Waals surface area contributed by atoms with Gasteiger partial charge in [0.1, 0.15) is 0 Å². The molecule has 0 unspecified atom stereocenters. The Labute approximate surface area is 261 Å². The van der Waals surface area contributed by atoms with E-state index in [0.717, 1.165) is 22.3 Å². The van der Waals surface area contributed by atoms with Crippen LogP contribution in [-0.2, 0) is 21.1 Å². The molecule has 209 valence electrons. The first-order valence-electron chi connectivity index (χ1n) is 12.4. The SMILES string of the molecule is C(#Cc1ccccc1)c1ccccc1.C(#Cc1ccccc1)c1ccccc1.CC#N.F[B-](F)(F)F.[CH]1C=CC=C1.[Mo+2]. The molecule has 1 aliphatic rings. The zero-order valence-electron chi connectivity index (χ0n) is 22.9. The van der Waals surface area contributed by atoms with Crippen molar-refractivity contribution in [1.29, 1.82) is 5.26 Å². The summed E-state index contributed by atoms with van der Waals surface area (Å²) in [6, 6.07) is 41.8. The summed E-state index contributed by atoms with van der Waals surface area (Å²) in [6.45, 7) is 1.43. The van der Waals surface area contributed by atoms with Crippen LogP contribution in [-0.4, -0.2) is 7.25 Å². The van der Waals surface area contributed by atoms with E-state index in [1.165, 1.54) is 6.92 Å². The van der Waals surface area contributed by atoms with Gasteiger partial charge in [0, 0.05) is 35.6 Å². The van der Waals surface area contributed by atoms with E-state index in [-0.39, 0.29) is 21.1 Å². The van der Waals surface area contributed by atoms with Crippen molar-refractivity contribution in [1.82, 2.24) is 0 Å². The molecule has 0 fully saturated rings. The number of hydrogen-bond donors (Lipinski definition) is 0. The van der Waals surface area contributed by atoms with E-state index in [4.69, 9.17) is 5.26 Å². The average molecular weight is 645 g/mol. The number of benzene rings is 4. The van der Waals surface area contributed by atoms with Gasteiger partial charge in [0.05, 0.1) is 6.07 Å². The van der Waals surface area contributed by atoms with E-state index in [1.54, 1.807) is 6.07 Å². The summed E-state index contributed by atoms with van der Waals surface area (Å²) in [5, 5.41) is 7.32. The fourth-order valence-electron chi connectivity index (χ4n) is 2.70. The molecule has 0 saturated carbocycles. The van der Waals surface area contributed by atoms with Gasteiger partial charge in [-0.2, -0.15) is 5.26 Å². The summed E-state index contributed by atoms with van der Waals surface area (Å²) in [6.07, 6.45) is 10.0. The molecule has 0 atom stereocenters. The smallest absolute Gasteiger partial charge is 0.418 e. The van der Waals surface area contributed by atoms with Crippen molar-refractivity contribution in [2.24, 2.45) is 0 Å². The van der Waals surface area contributed by atoms with Crippen molar-refractivity contribution in [3.63, 3.8) is 0 Å². The largest absolute Gasteiger partial charge is 2.00 e. The first-order valence-corrected chi connectivity index (χ1v) is 12.4. The van der Waals surface area contributed by atoms with Gasteiger partial charge < -0.3 is 17.3 Å². The van der Waals surface area contributed by atoms with E-state index in [9.17, 15) is 17.3 Å². The molecule has 0 aromatic heterocycles. The number of nitrogens with zero attached hydrogens (tertiary/aromatic N) is 1. The Kier molecular flexibility index (Phi) is 21.6.